The molecule has 0 bridgehead atoms. The summed E-state index contributed by atoms with van der Waals surface area (Å²) in [5.41, 5.74) is 0.143. The Hall–Kier alpha value is -0.650. The molecular weight excluding hydrogens is 265 g/mol. The van der Waals surface area contributed by atoms with Gasteiger partial charge in [-0.25, -0.2) is 12.8 Å². The van der Waals surface area contributed by atoms with Gasteiger partial charge in [-0.2, -0.15) is 0 Å². The molecule has 0 saturated carbocycles. The van der Waals surface area contributed by atoms with Crippen LogP contribution < -0.4 is 5.32 Å². The molecule has 1 N–H and O–H groups in total. The molecule has 3 nitrogen and oxygen atoms in total. The minimum atomic E-state index is -3.27. The maximum Gasteiger partial charge on any atom is 0.154 e. The third-order valence-electron chi connectivity index (χ3n) is 2.76. The Morgan fingerprint density at radius 3 is 2.71 bits per heavy atom. The normalized spacial score (nSPS) is 16.8. The van der Waals surface area contributed by atoms with Crippen molar-refractivity contribution in [3.8, 4) is 0 Å². The van der Waals surface area contributed by atoms with Crippen LogP contribution in [0, 0.1) is 11.7 Å². The number of benzene rings is 1. The lowest BCUT2D eigenvalue weighted by Crippen LogP contribution is -2.45. The lowest BCUT2D eigenvalue weighted by molar-refractivity contribution is 0.378. The van der Waals surface area contributed by atoms with Crippen molar-refractivity contribution < 1.29 is 12.8 Å². The van der Waals surface area contributed by atoms with Crippen LogP contribution in [0.5, 0.6) is 0 Å². The summed E-state index contributed by atoms with van der Waals surface area (Å²) in [7, 11) is -3.27. The van der Waals surface area contributed by atoms with E-state index in [2.05, 4.69) is 5.32 Å². The van der Waals surface area contributed by atoms with Gasteiger partial charge in [-0.05, 0) is 12.0 Å². The summed E-state index contributed by atoms with van der Waals surface area (Å²) in [6, 6.07) is 4.42. The number of hydrogen-bond donors (Lipinski definition) is 1. The molecule has 0 aliphatic carbocycles. The fraction of sp³-hybridized carbons (Fsp3) is 0.455. The zero-order chi connectivity index (χ0) is 12.5. The van der Waals surface area contributed by atoms with E-state index in [0.717, 1.165) is 13.1 Å². The van der Waals surface area contributed by atoms with E-state index < -0.39 is 15.7 Å². The number of sulfone groups is 1. The second-order valence-corrected chi connectivity index (χ2v) is 6.81. The Morgan fingerprint density at radius 2 is 2.12 bits per heavy atom. The molecule has 1 heterocycles. The van der Waals surface area contributed by atoms with Crippen LogP contribution in [0.3, 0.4) is 0 Å². The van der Waals surface area contributed by atoms with Gasteiger partial charge in [0.25, 0.3) is 0 Å². The highest BCUT2D eigenvalue weighted by atomic mass is 35.5. The quantitative estimate of drug-likeness (QED) is 0.910. The lowest BCUT2D eigenvalue weighted by atomic mass is 10.1. The van der Waals surface area contributed by atoms with Crippen molar-refractivity contribution in [1.82, 2.24) is 5.32 Å². The minimum absolute atomic E-state index is 0.0389. The Morgan fingerprint density at radius 1 is 1.41 bits per heavy atom. The third-order valence-corrected chi connectivity index (χ3v) is 4.78. The first-order chi connectivity index (χ1) is 7.98. The van der Waals surface area contributed by atoms with E-state index in [9.17, 15) is 12.8 Å². The molecule has 1 aromatic carbocycles. The zero-order valence-electron chi connectivity index (χ0n) is 9.12. The number of rotatable bonds is 4. The maximum atomic E-state index is 13.6. The molecule has 1 aromatic rings. The van der Waals surface area contributed by atoms with Gasteiger partial charge in [-0.1, -0.05) is 23.7 Å². The summed E-state index contributed by atoms with van der Waals surface area (Å²) in [4.78, 5) is 0. The first-order valence-electron chi connectivity index (χ1n) is 5.32. The molecule has 1 aliphatic heterocycles. The van der Waals surface area contributed by atoms with Gasteiger partial charge in [0.2, 0.25) is 0 Å². The van der Waals surface area contributed by atoms with Crippen LogP contribution >= 0.6 is 11.6 Å². The molecule has 0 aromatic heterocycles. The molecule has 1 saturated heterocycles. The molecule has 2 rings (SSSR count). The van der Waals surface area contributed by atoms with E-state index in [-0.39, 0.29) is 28.0 Å². The average molecular weight is 278 g/mol. The predicted molar refractivity (Wildman–Crippen MR) is 65.3 cm³/mol. The van der Waals surface area contributed by atoms with E-state index >= 15 is 0 Å². The summed E-state index contributed by atoms with van der Waals surface area (Å²) in [6.07, 6.45) is 0. The van der Waals surface area contributed by atoms with Gasteiger partial charge in [0, 0.05) is 18.7 Å². The summed E-state index contributed by atoms with van der Waals surface area (Å²) in [5, 5.41) is 2.97. The topological polar surface area (TPSA) is 46.2 Å². The van der Waals surface area contributed by atoms with Crippen LogP contribution in [0.1, 0.15) is 5.56 Å². The Labute approximate surface area is 105 Å². The highest BCUT2D eigenvalue weighted by Gasteiger charge is 2.25. The van der Waals surface area contributed by atoms with Crippen LogP contribution in [-0.2, 0) is 15.6 Å². The van der Waals surface area contributed by atoms with E-state index in [1.54, 1.807) is 6.07 Å². The molecule has 0 atom stereocenters. The van der Waals surface area contributed by atoms with Crippen molar-refractivity contribution in [3.63, 3.8) is 0 Å². The van der Waals surface area contributed by atoms with Crippen molar-refractivity contribution in [2.45, 2.75) is 5.75 Å². The minimum Gasteiger partial charge on any atom is -0.316 e. The predicted octanol–water partition coefficient (Wildman–Crippen LogP) is 1.61. The van der Waals surface area contributed by atoms with E-state index in [1.165, 1.54) is 12.1 Å². The van der Waals surface area contributed by atoms with E-state index in [0.29, 0.717) is 0 Å². The van der Waals surface area contributed by atoms with Gasteiger partial charge in [-0.3, -0.25) is 0 Å². The highest BCUT2D eigenvalue weighted by molar-refractivity contribution is 7.90. The zero-order valence-corrected chi connectivity index (χ0v) is 10.7. The summed E-state index contributed by atoms with van der Waals surface area (Å²) < 4.78 is 37.2. The van der Waals surface area contributed by atoms with Crippen molar-refractivity contribution in [1.29, 1.82) is 0 Å². The van der Waals surface area contributed by atoms with Crippen LogP contribution in [0.2, 0.25) is 5.02 Å². The molecular formula is C11H13ClFNO2S. The monoisotopic (exact) mass is 277 g/mol. The first-order valence-corrected chi connectivity index (χ1v) is 7.52. The van der Waals surface area contributed by atoms with Crippen molar-refractivity contribution in [3.05, 3.63) is 34.6 Å². The van der Waals surface area contributed by atoms with E-state index in [1.807, 2.05) is 0 Å². The Bertz CT molecular complexity index is 514. The molecule has 6 heteroatoms. The second kappa shape index (κ2) is 4.92. The highest BCUT2D eigenvalue weighted by Crippen LogP contribution is 2.21. The number of nitrogens with one attached hydrogen (secondary N) is 1. The van der Waals surface area contributed by atoms with Gasteiger partial charge in [-0.15, -0.1) is 0 Å². The van der Waals surface area contributed by atoms with E-state index in [4.69, 9.17) is 11.6 Å². The summed E-state index contributed by atoms with van der Waals surface area (Å²) in [6.45, 7) is 1.44. The lowest BCUT2D eigenvalue weighted by Gasteiger charge is -2.26. The fourth-order valence-corrected chi connectivity index (χ4v) is 3.74. The standard InChI is InChI=1S/C11H13ClFNO2S/c12-10-3-1-2-9(11(10)13)7-17(15,16)6-8-4-14-5-8/h1-3,8,14H,4-7H2. The maximum absolute atomic E-state index is 13.6. The summed E-state index contributed by atoms with van der Waals surface area (Å²) in [5.74, 6) is -0.659. The average Bonchev–Trinajstić information content (AvgIpc) is 2.19. The molecule has 0 radical (unpaired) electrons. The number of hydrogen-bond acceptors (Lipinski definition) is 3. The van der Waals surface area contributed by atoms with Crippen LogP contribution in [0.4, 0.5) is 4.39 Å². The molecule has 94 valence electrons. The van der Waals surface area contributed by atoms with Gasteiger partial charge in [0.15, 0.2) is 9.84 Å². The molecule has 0 unspecified atom stereocenters. The first kappa shape index (κ1) is 12.8. The molecule has 17 heavy (non-hydrogen) atoms. The second-order valence-electron chi connectivity index (χ2n) is 4.29. The largest absolute Gasteiger partial charge is 0.316 e. The Kier molecular flexibility index (Phi) is 3.70. The van der Waals surface area contributed by atoms with Crippen LogP contribution in [0.25, 0.3) is 0 Å². The SMILES string of the molecule is O=S(=O)(Cc1cccc(Cl)c1F)CC1CNC1. The molecule has 1 fully saturated rings. The van der Waals surface area contributed by atoms with Crippen LogP contribution in [-0.4, -0.2) is 27.3 Å². The molecule has 0 spiro atoms. The fourth-order valence-electron chi connectivity index (χ4n) is 1.78. The third kappa shape index (κ3) is 3.18. The smallest absolute Gasteiger partial charge is 0.154 e. The molecule has 0 amide bonds. The van der Waals surface area contributed by atoms with Crippen molar-refractivity contribution in [2.24, 2.45) is 5.92 Å². The number of halogens is 2. The summed E-state index contributed by atoms with van der Waals surface area (Å²) >= 11 is 5.61. The van der Waals surface area contributed by atoms with Crippen molar-refractivity contribution >= 4 is 21.4 Å². The molecule has 1 aliphatic rings. The van der Waals surface area contributed by atoms with Gasteiger partial charge < -0.3 is 5.32 Å². The van der Waals surface area contributed by atoms with Gasteiger partial charge >= 0.3 is 0 Å². The van der Waals surface area contributed by atoms with Crippen LogP contribution in [0.15, 0.2) is 18.2 Å². The Balaban J connectivity index is 2.11. The van der Waals surface area contributed by atoms with Gasteiger partial charge in [0.1, 0.15) is 5.82 Å². The van der Waals surface area contributed by atoms with Crippen molar-refractivity contribution in [2.75, 3.05) is 18.8 Å². The van der Waals surface area contributed by atoms with Gasteiger partial charge in [0.05, 0.1) is 16.5 Å².